The van der Waals surface area contributed by atoms with Crippen molar-refractivity contribution >= 4 is 11.7 Å². The molecule has 1 unspecified atom stereocenters. The summed E-state index contributed by atoms with van der Waals surface area (Å²) in [5, 5.41) is 7.68. The monoisotopic (exact) mass is 328 g/mol. The van der Waals surface area contributed by atoms with Crippen LogP contribution in [0.15, 0.2) is 30.3 Å². The van der Waals surface area contributed by atoms with Crippen LogP contribution in [0.25, 0.3) is 5.69 Å². The van der Waals surface area contributed by atoms with Crippen LogP contribution in [0.1, 0.15) is 51.8 Å². The summed E-state index contributed by atoms with van der Waals surface area (Å²) in [7, 11) is 0. The topological polar surface area (TPSA) is 72.9 Å². The van der Waals surface area contributed by atoms with E-state index in [0.29, 0.717) is 18.7 Å². The van der Waals surface area contributed by atoms with Gasteiger partial charge in [-0.2, -0.15) is 5.10 Å². The Bertz CT molecular complexity index is 693. The first-order chi connectivity index (χ1) is 11.2. The Kier molecular flexibility index (Phi) is 5.44. The van der Waals surface area contributed by atoms with Gasteiger partial charge >= 0.3 is 0 Å². The number of hydrogen-bond acceptors (Lipinski definition) is 3. The molecule has 0 aliphatic rings. The lowest BCUT2D eigenvalue weighted by molar-refractivity contribution is -0.116. The van der Waals surface area contributed by atoms with Crippen LogP contribution in [-0.2, 0) is 10.2 Å². The van der Waals surface area contributed by atoms with Gasteiger partial charge in [0.25, 0.3) is 0 Å². The summed E-state index contributed by atoms with van der Waals surface area (Å²) < 4.78 is 1.80. The van der Waals surface area contributed by atoms with Crippen LogP contribution in [0.4, 0.5) is 5.82 Å². The molecule has 0 aliphatic carbocycles. The quantitative estimate of drug-likeness (QED) is 0.881. The first kappa shape index (κ1) is 18.2. The molecule has 3 N–H and O–H groups in total. The molecule has 0 bridgehead atoms. The highest BCUT2D eigenvalue weighted by Crippen LogP contribution is 2.26. The number of nitrogens with one attached hydrogen (secondary N) is 1. The Morgan fingerprint density at radius 1 is 1.29 bits per heavy atom. The maximum atomic E-state index is 12.2. The highest BCUT2D eigenvalue weighted by atomic mass is 16.1. The van der Waals surface area contributed by atoms with E-state index in [1.54, 1.807) is 4.68 Å². The molecule has 24 heavy (non-hydrogen) atoms. The van der Waals surface area contributed by atoms with E-state index in [1.165, 1.54) is 5.56 Å². The molecule has 1 aromatic heterocycles. The number of amides is 1. The summed E-state index contributed by atoms with van der Waals surface area (Å²) in [5.74, 6) is 0.652. The van der Waals surface area contributed by atoms with Gasteiger partial charge in [0.05, 0.1) is 11.4 Å². The van der Waals surface area contributed by atoms with Crippen LogP contribution in [0, 0.1) is 6.92 Å². The molecule has 1 aromatic carbocycles. The Hall–Kier alpha value is -2.14. The van der Waals surface area contributed by atoms with Crippen molar-refractivity contribution in [2.45, 2.75) is 58.9 Å². The second-order valence-electron chi connectivity index (χ2n) is 7.48. The number of aryl methyl sites for hydroxylation is 1. The van der Waals surface area contributed by atoms with Crippen molar-refractivity contribution in [3.8, 4) is 5.69 Å². The predicted molar refractivity (Wildman–Crippen MR) is 98.5 cm³/mol. The molecule has 1 atom stereocenters. The van der Waals surface area contributed by atoms with Gasteiger partial charge in [-0.05, 0) is 32.4 Å². The van der Waals surface area contributed by atoms with E-state index in [2.05, 4.69) is 26.1 Å². The third-order valence-electron chi connectivity index (χ3n) is 3.85. The highest BCUT2D eigenvalue weighted by Gasteiger charge is 2.21. The lowest BCUT2D eigenvalue weighted by atomic mass is 9.92. The van der Waals surface area contributed by atoms with Crippen molar-refractivity contribution < 1.29 is 4.79 Å². The molecule has 0 aliphatic heterocycles. The van der Waals surface area contributed by atoms with Crippen LogP contribution >= 0.6 is 0 Å². The number of rotatable bonds is 5. The maximum Gasteiger partial charge on any atom is 0.225 e. The van der Waals surface area contributed by atoms with Gasteiger partial charge in [-0.3, -0.25) is 4.79 Å². The minimum Gasteiger partial charge on any atom is -0.328 e. The number of carbonyl (C=O) groups is 1. The van der Waals surface area contributed by atoms with Gasteiger partial charge in [0, 0.05) is 23.9 Å². The molecule has 130 valence electrons. The summed E-state index contributed by atoms with van der Waals surface area (Å²) in [6.45, 7) is 10.3. The minimum atomic E-state index is -0.0960. The zero-order valence-electron chi connectivity index (χ0n) is 15.3. The van der Waals surface area contributed by atoms with Crippen LogP contribution in [0.3, 0.4) is 0 Å². The van der Waals surface area contributed by atoms with Crippen molar-refractivity contribution in [3.05, 3.63) is 41.6 Å². The van der Waals surface area contributed by atoms with Gasteiger partial charge in [0.2, 0.25) is 5.91 Å². The second-order valence-corrected chi connectivity index (χ2v) is 7.48. The van der Waals surface area contributed by atoms with Crippen LogP contribution in [0.5, 0.6) is 0 Å². The normalized spacial score (nSPS) is 12.9. The highest BCUT2D eigenvalue weighted by molar-refractivity contribution is 5.90. The van der Waals surface area contributed by atoms with Gasteiger partial charge in [-0.1, -0.05) is 38.5 Å². The zero-order chi connectivity index (χ0) is 17.9. The first-order valence-electron chi connectivity index (χ1n) is 8.40. The molecule has 1 amide bonds. The lowest BCUT2D eigenvalue weighted by Crippen LogP contribution is -2.20. The molecule has 5 nitrogen and oxygen atoms in total. The SMILES string of the molecule is Cc1ccc(-n2nc(C(C)(C)C)cc2NC(=O)CCC(C)N)cc1. The zero-order valence-corrected chi connectivity index (χ0v) is 15.3. The van der Waals surface area contributed by atoms with Gasteiger partial charge in [-0.15, -0.1) is 0 Å². The number of aromatic nitrogens is 2. The van der Waals surface area contributed by atoms with Gasteiger partial charge in [-0.25, -0.2) is 4.68 Å². The molecular formula is C19H28N4O. The number of benzene rings is 1. The smallest absolute Gasteiger partial charge is 0.225 e. The molecular weight excluding hydrogens is 300 g/mol. The molecule has 0 radical (unpaired) electrons. The Morgan fingerprint density at radius 2 is 1.92 bits per heavy atom. The molecule has 0 spiro atoms. The molecule has 2 rings (SSSR count). The van der Waals surface area contributed by atoms with E-state index in [-0.39, 0.29) is 17.4 Å². The fourth-order valence-electron chi connectivity index (χ4n) is 2.28. The van der Waals surface area contributed by atoms with E-state index in [9.17, 15) is 4.79 Å². The van der Waals surface area contributed by atoms with Crippen molar-refractivity contribution in [2.24, 2.45) is 5.73 Å². The fraction of sp³-hybridized carbons (Fsp3) is 0.474. The standard InChI is InChI=1S/C19H28N4O/c1-13-6-9-15(10-7-13)23-17(12-16(22-23)19(3,4)5)21-18(24)11-8-14(2)20/h6-7,9-10,12,14H,8,11,20H2,1-5H3,(H,21,24). The number of carbonyl (C=O) groups excluding carboxylic acids is 1. The number of nitrogens with zero attached hydrogens (tertiary/aromatic N) is 2. The van der Waals surface area contributed by atoms with Gasteiger partial charge < -0.3 is 11.1 Å². The second kappa shape index (κ2) is 7.18. The average Bonchev–Trinajstić information content (AvgIpc) is 2.90. The van der Waals surface area contributed by atoms with Crippen LogP contribution in [-0.4, -0.2) is 21.7 Å². The molecule has 1 heterocycles. The Labute approximate surface area is 144 Å². The van der Waals surface area contributed by atoms with E-state index in [4.69, 9.17) is 10.8 Å². The summed E-state index contributed by atoms with van der Waals surface area (Å²) in [6, 6.07) is 10.1. The van der Waals surface area contributed by atoms with Crippen LogP contribution in [0.2, 0.25) is 0 Å². The number of anilines is 1. The average molecular weight is 328 g/mol. The summed E-state index contributed by atoms with van der Waals surface area (Å²) in [6.07, 6.45) is 1.07. The van der Waals surface area contributed by atoms with E-state index >= 15 is 0 Å². The van der Waals surface area contributed by atoms with Crippen molar-refractivity contribution in [2.75, 3.05) is 5.32 Å². The third kappa shape index (κ3) is 4.68. The summed E-state index contributed by atoms with van der Waals surface area (Å²) >= 11 is 0. The Balaban J connectivity index is 2.32. The van der Waals surface area contributed by atoms with Crippen LogP contribution < -0.4 is 11.1 Å². The molecule has 0 saturated heterocycles. The van der Waals surface area contributed by atoms with E-state index in [0.717, 1.165) is 11.4 Å². The van der Waals surface area contributed by atoms with Crippen molar-refractivity contribution in [1.82, 2.24) is 9.78 Å². The lowest BCUT2D eigenvalue weighted by Gasteiger charge is -2.14. The molecule has 5 heteroatoms. The Morgan fingerprint density at radius 3 is 2.46 bits per heavy atom. The molecule has 2 aromatic rings. The third-order valence-corrected chi connectivity index (χ3v) is 3.85. The van der Waals surface area contributed by atoms with Gasteiger partial charge in [0.15, 0.2) is 0 Å². The van der Waals surface area contributed by atoms with E-state index < -0.39 is 0 Å². The predicted octanol–water partition coefficient (Wildman–Crippen LogP) is 3.54. The maximum absolute atomic E-state index is 12.2. The first-order valence-corrected chi connectivity index (χ1v) is 8.40. The van der Waals surface area contributed by atoms with Crippen molar-refractivity contribution in [1.29, 1.82) is 0 Å². The number of hydrogen-bond donors (Lipinski definition) is 2. The van der Waals surface area contributed by atoms with Gasteiger partial charge in [0.1, 0.15) is 5.82 Å². The fourth-order valence-corrected chi connectivity index (χ4v) is 2.28. The summed E-state index contributed by atoms with van der Waals surface area (Å²) in [5.41, 5.74) is 8.69. The molecule has 0 saturated carbocycles. The largest absolute Gasteiger partial charge is 0.328 e. The molecule has 0 fully saturated rings. The van der Waals surface area contributed by atoms with Crippen molar-refractivity contribution in [3.63, 3.8) is 0 Å². The minimum absolute atomic E-state index is 0.0166. The van der Waals surface area contributed by atoms with E-state index in [1.807, 2.05) is 44.2 Å². The summed E-state index contributed by atoms with van der Waals surface area (Å²) in [4.78, 5) is 12.2. The number of nitrogens with two attached hydrogens (primary N) is 1.